The van der Waals surface area contributed by atoms with Gasteiger partial charge in [0.2, 0.25) is 0 Å². The first kappa shape index (κ1) is 22.8. The standard InChI is InChI=1S/C26H31BrN4OS/c1-3-17(2)23-28-24(22-20-7-5-4-6-8-21(20)33-25(22)29-23)30-13-15-31(16-14-30)26(32)18-9-11-19(27)12-10-18/h9-12,17H,3-8,13-16H2,1-2H3. The van der Waals surface area contributed by atoms with Crippen LogP contribution in [-0.2, 0) is 12.8 Å². The number of thiophene rings is 1. The Bertz CT molecular complexity index is 1150. The molecular formula is C26H31BrN4OS. The van der Waals surface area contributed by atoms with E-state index >= 15 is 0 Å². The van der Waals surface area contributed by atoms with Crippen molar-refractivity contribution in [2.24, 2.45) is 0 Å². The van der Waals surface area contributed by atoms with Gasteiger partial charge in [0.15, 0.2) is 0 Å². The van der Waals surface area contributed by atoms with Crippen LogP contribution in [-0.4, -0.2) is 47.0 Å². The number of aromatic nitrogens is 2. The zero-order valence-corrected chi connectivity index (χ0v) is 21.8. The SMILES string of the molecule is CCC(C)c1nc(N2CCN(C(=O)c3ccc(Br)cc3)CC2)c2c3c(sc2n1)CCCCC3. The summed E-state index contributed by atoms with van der Waals surface area (Å²) in [7, 11) is 0. The molecule has 0 saturated carbocycles. The summed E-state index contributed by atoms with van der Waals surface area (Å²) in [5.41, 5.74) is 2.24. The second kappa shape index (κ2) is 9.71. The molecule has 1 aromatic carbocycles. The minimum Gasteiger partial charge on any atom is -0.352 e. The summed E-state index contributed by atoms with van der Waals surface area (Å²) in [6.45, 7) is 7.46. The quantitative estimate of drug-likeness (QED) is 0.379. The van der Waals surface area contributed by atoms with Crippen molar-refractivity contribution in [1.29, 1.82) is 0 Å². The van der Waals surface area contributed by atoms with Gasteiger partial charge in [-0.05, 0) is 61.9 Å². The van der Waals surface area contributed by atoms with E-state index in [0.29, 0.717) is 19.0 Å². The fraction of sp³-hybridized carbons (Fsp3) is 0.500. The summed E-state index contributed by atoms with van der Waals surface area (Å²) in [5, 5.41) is 1.29. The molecule has 1 fully saturated rings. The van der Waals surface area contributed by atoms with Crippen LogP contribution in [0, 0.1) is 0 Å². The summed E-state index contributed by atoms with van der Waals surface area (Å²) in [5.74, 6) is 2.52. The molecule has 1 aliphatic heterocycles. The Morgan fingerprint density at radius 1 is 1.06 bits per heavy atom. The van der Waals surface area contributed by atoms with Gasteiger partial charge in [-0.15, -0.1) is 11.3 Å². The second-order valence-corrected chi connectivity index (χ2v) is 11.2. The first-order valence-corrected chi connectivity index (χ1v) is 13.8. The average Bonchev–Trinajstić information content (AvgIpc) is 3.03. The van der Waals surface area contributed by atoms with Crippen LogP contribution < -0.4 is 4.90 Å². The molecule has 1 unspecified atom stereocenters. The van der Waals surface area contributed by atoms with Crippen LogP contribution in [0.5, 0.6) is 0 Å². The van der Waals surface area contributed by atoms with Crippen molar-refractivity contribution in [2.45, 2.75) is 58.3 Å². The third-order valence-electron chi connectivity index (χ3n) is 7.07. The number of hydrogen-bond donors (Lipinski definition) is 0. The molecule has 33 heavy (non-hydrogen) atoms. The molecule has 2 aliphatic rings. The highest BCUT2D eigenvalue weighted by atomic mass is 79.9. The van der Waals surface area contributed by atoms with Crippen molar-refractivity contribution in [3.8, 4) is 0 Å². The van der Waals surface area contributed by atoms with Crippen LogP contribution in [0.1, 0.15) is 72.1 Å². The number of amides is 1. The van der Waals surface area contributed by atoms with Crippen molar-refractivity contribution in [3.63, 3.8) is 0 Å². The summed E-state index contributed by atoms with van der Waals surface area (Å²) < 4.78 is 0.989. The largest absolute Gasteiger partial charge is 0.352 e. The topological polar surface area (TPSA) is 49.3 Å². The fourth-order valence-corrected chi connectivity index (χ4v) is 6.39. The lowest BCUT2D eigenvalue weighted by Gasteiger charge is -2.36. The van der Waals surface area contributed by atoms with E-state index in [0.717, 1.165) is 52.4 Å². The van der Waals surface area contributed by atoms with Gasteiger partial charge >= 0.3 is 0 Å². The monoisotopic (exact) mass is 526 g/mol. The van der Waals surface area contributed by atoms with E-state index in [-0.39, 0.29) is 5.91 Å². The molecule has 5 nitrogen and oxygen atoms in total. The molecule has 174 valence electrons. The molecule has 1 atom stereocenters. The predicted molar refractivity (Wildman–Crippen MR) is 140 cm³/mol. The number of carbonyl (C=O) groups excluding carboxylic acids is 1. The van der Waals surface area contributed by atoms with E-state index in [4.69, 9.17) is 9.97 Å². The number of anilines is 1. The van der Waals surface area contributed by atoms with E-state index in [1.165, 1.54) is 41.5 Å². The molecule has 3 heterocycles. The lowest BCUT2D eigenvalue weighted by molar-refractivity contribution is 0.0746. The Morgan fingerprint density at radius 3 is 2.52 bits per heavy atom. The molecule has 0 radical (unpaired) electrons. The zero-order chi connectivity index (χ0) is 22.9. The van der Waals surface area contributed by atoms with Crippen molar-refractivity contribution in [3.05, 3.63) is 50.6 Å². The normalized spacial score (nSPS) is 17.7. The summed E-state index contributed by atoms with van der Waals surface area (Å²) in [6, 6.07) is 7.65. The highest BCUT2D eigenvalue weighted by Gasteiger charge is 2.28. The van der Waals surface area contributed by atoms with Crippen LogP contribution in [0.15, 0.2) is 28.7 Å². The molecule has 5 rings (SSSR count). The number of fused-ring (bicyclic) bond motifs is 3. The molecule has 1 aliphatic carbocycles. The molecule has 7 heteroatoms. The maximum Gasteiger partial charge on any atom is 0.253 e. The summed E-state index contributed by atoms with van der Waals surface area (Å²) in [6.07, 6.45) is 7.17. The van der Waals surface area contributed by atoms with Crippen LogP contribution in [0.3, 0.4) is 0 Å². The number of hydrogen-bond acceptors (Lipinski definition) is 5. The van der Waals surface area contributed by atoms with E-state index in [1.807, 2.05) is 40.5 Å². The predicted octanol–water partition coefficient (Wildman–Crippen LogP) is 6.20. The number of rotatable bonds is 4. The lowest BCUT2D eigenvalue weighted by atomic mass is 10.1. The Balaban J connectivity index is 1.44. The minimum absolute atomic E-state index is 0.111. The smallest absolute Gasteiger partial charge is 0.253 e. The third-order valence-corrected chi connectivity index (χ3v) is 8.79. The van der Waals surface area contributed by atoms with Gasteiger partial charge in [0, 0.05) is 47.0 Å². The lowest BCUT2D eigenvalue weighted by Crippen LogP contribution is -2.49. The van der Waals surface area contributed by atoms with Crippen LogP contribution in [0.2, 0.25) is 0 Å². The highest BCUT2D eigenvalue weighted by molar-refractivity contribution is 9.10. The summed E-state index contributed by atoms with van der Waals surface area (Å²) in [4.78, 5) is 30.3. The number of halogens is 1. The van der Waals surface area contributed by atoms with Gasteiger partial charge in [0.1, 0.15) is 16.5 Å². The maximum atomic E-state index is 13.0. The van der Waals surface area contributed by atoms with Gasteiger partial charge in [-0.2, -0.15) is 0 Å². The van der Waals surface area contributed by atoms with Gasteiger partial charge in [0.05, 0.1) is 5.39 Å². The average molecular weight is 528 g/mol. The number of nitrogens with zero attached hydrogens (tertiary/aromatic N) is 4. The number of aryl methyl sites for hydroxylation is 2. The fourth-order valence-electron chi connectivity index (χ4n) is 4.86. The molecule has 1 amide bonds. The maximum absolute atomic E-state index is 13.0. The van der Waals surface area contributed by atoms with Gasteiger partial charge in [-0.3, -0.25) is 4.79 Å². The first-order valence-electron chi connectivity index (χ1n) is 12.2. The van der Waals surface area contributed by atoms with Gasteiger partial charge < -0.3 is 9.80 Å². The molecule has 3 aromatic rings. The van der Waals surface area contributed by atoms with Crippen molar-refractivity contribution in [2.75, 3.05) is 31.1 Å². The molecular weight excluding hydrogens is 496 g/mol. The molecule has 0 spiro atoms. The van der Waals surface area contributed by atoms with Crippen LogP contribution >= 0.6 is 27.3 Å². The Labute approximate surface area is 208 Å². The molecule has 2 aromatic heterocycles. The minimum atomic E-state index is 0.111. The van der Waals surface area contributed by atoms with E-state index in [9.17, 15) is 4.79 Å². The van der Waals surface area contributed by atoms with Gasteiger partial charge in [0.25, 0.3) is 5.91 Å². The van der Waals surface area contributed by atoms with Crippen LogP contribution in [0.25, 0.3) is 10.2 Å². The first-order chi connectivity index (χ1) is 16.0. The number of benzene rings is 1. The highest BCUT2D eigenvalue weighted by Crippen LogP contribution is 2.40. The molecule has 1 saturated heterocycles. The Morgan fingerprint density at radius 2 is 1.79 bits per heavy atom. The Kier molecular flexibility index (Phi) is 6.70. The molecule has 0 N–H and O–H groups in total. The van der Waals surface area contributed by atoms with E-state index in [2.05, 4.69) is 34.7 Å². The van der Waals surface area contributed by atoms with E-state index in [1.54, 1.807) is 0 Å². The second-order valence-electron chi connectivity index (χ2n) is 9.25. The van der Waals surface area contributed by atoms with Gasteiger partial charge in [-0.25, -0.2) is 9.97 Å². The van der Waals surface area contributed by atoms with Gasteiger partial charge in [-0.1, -0.05) is 36.2 Å². The van der Waals surface area contributed by atoms with Crippen molar-refractivity contribution in [1.82, 2.24) is 14.9 Å². The van der Waals surface area contributed by atoms with Crippen molar-refractivity contribution < 1.29 is 4.79 Å². The number of carbonyl (C=O) groups is 1. The Hall–Kier alpha value is -1.99. The molecule has 0 bridgehead atoms. The zero-order valence-electron chi connectivity index (χ0n) is 19.4. The van der Waals surface area contributed by atoms with Crippen LogP contribution in [0.4, 0.5) is 5.82 Å². The summed E-state index contributed by atoms with van der Waals surface area (Å²) >= 11 is 5.34. The van der Waals surface area contributed by atoms with Crippen molar-refractivity contribution >= 4 is 49.2 Å². The third kappa shape index (κ3) is 4.54. The number of piperazine rings is 1. The van der Waals surface area contributed by atoms with E-state index < -0.39 is 0 Å².